The van der Waals surface area contributed by atoms with E-state index in [0.717, 1.165) is 0 Å². The van der Waals surface area contributed by atoms with Crippen molar-refractivity contribution in [1.29, 1.82) is 0 Å². The molecule has 0 saturated heterocycles. The van der Waals surface area contributed by atoms with Crippen LogP contribution in [0.3, 0.4) is 0 Å². The molecular formula is C11H23N3O2. The number of rotatable bonds is 5. The Hall–Kier alpha value is -1.10. The lowest BCUT2D eigenvalue weighted by Gasteiger charge is -2.26. The predicted molar refractivity (Wildman–Crippen MR) is 63.8 cm³/mol. The molecule has 0 aliphatic heterocycles. The molecule has 94 valence electrons. The third-order valence-corrected chi connectivity index (χ3v) is 2.69. The highest BCUT2D eigenvalue weighted by Gasteiger charge is 2.28. The lowest BCUT2D eigenvalue weighted by Crippen LogP contribution is -2.50. The van der Waals surface area contributed by atoms with Crippen molar-refractivity contribution < 1.29 is 9.59 Å². The number of hydrogen-bond donors (Lipinski definition) is 2. The quantitative estimate of drug-likeness (QED) is 0.694. The first-order chi connectivity index (χ1) is 7.26. The summed E-state index contributed by atoms with van der Waals surface area (Å²) in [5.41, 5.74) is 4.85. The minimum absolute atomic E-state index is 0.0938. The lowest BCUT2D eigenvalue weighted by atomic mass is 9.92. The maximum absolute atomic E-state index is 11.8. The molecule has 0 rings (SSSR count). The summed E-state index contributed by atoms with van der Waals surface area (Å²) in [6.45, 7) is 7.95. The Labute approximate surface area is 97.4 Å². The van der Waals surface area contributed by atoms with Crippen LogP contribution in [-0.4, -0.2) is 42.9 Å². The standard InChI is InChI=1S/C11H23N3O2/c1-6-14(5)9(15)8(2)13-10(16)11(3,4)7-12/h8H,6-7,12H2,1-5H3,(H,13,16). The summed E-state index contributed by atoms with van der Waals surface area (Å²) < 4.78 is 0. The highest BCUT2D eigenvalue weighted by atomic mass is 16.2. The molecule has 1 unspecified atom stereocenters. The Morgan fingerprint density at radius 1 is 1.44 bits per heavy atom. The largest absolute Gasteiger partial charge is 0.344 e. The summed E-state index contributed by atoms with van der Waals surface area (Å²) in [5, 5.41) is 2.68. The van der Waals surface area contributed by atoms with E-state index in [1.807, 2.05) is 6.92 Å². The van der Waals surface area contributed by atoms with Crippen LogP contribution >= 0.6 is 0 Å². The Bertz CT molecular complexity index is 264. The maximum atomic E-state index is 11.8. The van der Waals surface area contributed by atoms with Crippen molar-refractivity contribution in [2.24, 2.45) is 11.1 Å². The minimum atomic E-state index is -0.640. The van der Waals surface area contributed by atoms with Gasteiger partial charge in [-0.25, -0.2) is 0 Å². The summed E-state index contributed by atoms with van der Waals surface area (Å²) >= 11 is 0. The van der Waals surface area contributed by atoms with Crippen molar-refractivity contribution in [3.05, 3.63) is 0 Å². The van der Waals surface area contributed by atoms with Gasteiger partial charge in [-0.2, -0.15) is 0 Å². The molecule has 0 aliphatic carbocycles. The molecule has 0 radical (unpaired) electrons. The number of carbonyl (C=O) groups is 2. The van der Waals surface area contributed by atoms with Crippen molar-refractivity contribution in [2.75, 3.05) is 20.1 Å². The smallest absolute Gasteiger partial charge is 0.244 e. The normalized spacial score (nSPS) is 13.1. The van der Waals surface area contributed by atoms with E-state index in [2.05, 4.69) is 5.32 Å². The van der Waals surface area contributed by atoms with Gasteiger partial charge in [0.2, 0.25) is 11.8 Å². The van der Waals surface area contributed by atoms with Gasteiger partial charge in [-0.3, -0.25) is 9.59 Å². The molecule has 0 saturated carbocycles. The fourth-order valence-corrected chi connectivity index (χ4v) is 1.03. The molecule has 3 N–H and O–H groups in total. The molecule has 5 heteroatoms. The van der Waals surface area contributed by atoms with Gasteiger partial charge in [0, 0.05) is 20.1 Å². The van der Waals surface area contributed by atoms with Crippen LogP contribution in [-0.2, 0) is 9.59 Å². The molecule has 5 nitrogen and oxygen atoms in total. The zero-order chi connectivity index (χ0) is 12.9. The van der Waals surface area contributed by atoms with Crippen LogP contribution in [0.15, 0.2) is 0 Å². The molecular weight excluding hydrogens is 206 g/mol. The number of amides is 2. The van der Waals surface area contributed by atoms with Gasteiger partial charge in [0.15, 0.2) is 0 Å². The van der Waals surface area contributed by atoms with Gasteiger partial charge in [0.1, 0.15) is 6.04 Å². The summed E-state index contributed by atoms with van der Waals surface area (Å²) in [6.07, 6.45) is 0. The van der Waals surface area contributed by atoms with E-state index in [4.69, 9.17) is 5.73 Å². The van der Waals surface area contributed by atoms with Crippen LogP contribution in [0.25, 0.3) is 0 Å². The van der Waals surface area contributed by atoms with E-state index in [0.29, 0.717) is 6.54 Å². The summed E-state index contributed by atoms with van der Waals surface area (Å²) in [5.74, 6) is -0.288. The van der Waals surface area contributed by atoms with E-state index in [1.165, 1.54) is 0 Å². The molecule has 0 aromatic carbocycles. The first kappa shape index (κ1) is 14.9. The molecule has 0 aromatic heterocycles. The third-order valence-electron chi connectivity index (χ3n) is 2.69. The molecule has 0 aliphatic rings. The van der Waals surface area contributed by atoms with Crippen LogP contribution in [0.5, 0.6) is 0 Å². The average molecular weight is 229 g/mol. The monoisotopic (exact) mass is 229 g/mol. The highest BCUT2D eigenvalue weighted by Crippen LogP contribution is 2.12. The van der Waals surface area contributed by atoms with E-state index in [-0.39, 0.29) is 18.4 Å². The van der Waals surface area contributed by atoms with Crippen LogP contribution in [0.4, 0.5) is 0 Å². The Morgan fingerprint density at radius 3 is 2.31 bits per heavy atom. The minimum Gasteiger partial charge on any atom is -0.344 e. The fraction of sp³-hybridized carbons (Fsp3) is 0.818. The first-order valence-corrected chi connectivity index (χ1v) is 5.52. The number of nitrogens with zero attached hydrogens (tertiary/aromatic N) is 1. The van der Waals surface area contributed by atoms with Crippen LogP contribution in [0.1, 0.15) is 27.7 Å². The van der Waals surface area contributed by atoms with Gasteiger partial charge in [-0.05, 0) is 27.7 Å². The maximum Gasteiger partial charge on any atom is 0.244 e. The Kier molecular flexibility index (Phi) is 5.44. The van der Waals surface area contributed by atoms with Crippen molar-refractivity contribution in [1.82, 2.24) is 10.2 Å². The third kappa shape index (κ3) is 3.81. The number of likely N-dealkylation sites (N-methyl/N-ethyl adjacent to an activating group) is 1. The Balaban J connectivity index is 4.41. The molecule has 1 atom stereocenters. The number of hydrogen-bond acceptors (Lipinski definition) is 3. The second-order valence-corrected chi connectivity index (χ2v) is 4.64. The SMILES string of the molecule is CCN(C)C(=O)C(C)NC(=O)C(C)(C)CN. The van der Waals surface area contributed by atoms with Gasteiger partial charge >= 0.3 is 0 Å². The van der Waals surface area contributed by atoms with Crippen LogP contribution < -0.4 is 11.1 Å². The zero-order valence-electron chi connectivity index (χ0n) is 10.8. The predicted octanol–water partition coefficient (Wildman–Crippen LogP) is -0.0457. The van der Waals surface area contributed by atoms with Gasteiger partial charge in [-0.1, -0.05) is 0 Å². The molecule has 0 spiro atoms. The highest BCUT2D eigenvalue weighted by molar-refractivity contribution is 5.89. The second-order valence-electron chi connectivity index (χ2n) is 4.64. The van der Waals surface area contributed by atoms with Gasteiger partial charge in [0.05, 0.1) is 5.41 Å². The molecule has 0 bridgehead atoms. The Morgan fingerprint density at radius 2 is 1.94 bits per heavy atom. The molecule has 0 fully saturated rings. The summed E-state index contributed by atoms with van der Waals surface area (Å²) in [4.78, 5) is 25.0. The zero-order valence-corrected chi connectivity index (χ0v) is 10.8. The topological polar surface area (TPSA) is 75.4 Å². The number of carbonyl (C=O) groups excluding carboxylic acids is 2. The molecule has 0 aromatic rings. The van der Waals surface area contributed by atoms with Crippen molar-refractivity contribution >= 4 is 11.8 Å². The van der Waals surface area contributed by atoms with E-state index in [1.54, 1.807) is 32.7 Å². The van der Waals surface area contributed by atoms with E-state index < -0.39 is 11.5 Å². The average Bonchev–Trinajstić information content (AvgIpc) is 2.26. The van der Waals surface area contributed by atoms with Crippen molar-refractivity contribution in [3.8, 4) is 0 Å². The van der Waals surface area contributed by atoms with Crippen molar-refractivity contribution in [2.45, 2.75) is 33.7 Å². The molecule has 2 amide bonds. The van der Waals surface area contributed by atoms with Gasteiger partial charge in [-0.15, -0.1) is 0 Å². The van der Waals surface area contributed by atoms with E-state index >= 15 is 0 Å². The van der Waals surface area contributed by atoms with Gasteiger partial charge < -0.3 is 16.0 Å². The second kappa shape index (κ2) is 5.84. The summed E-state index contributed by atoms with van der Waals surface area (Å²) in [6, 6.07) is -0.511. The lowest BCUT2D eigenvalue weighted by molar-refractivity contribution is -0.137. The fourth-order valence-electron chi connectivity index (χ4n) is 1.03. The first-order valence-electron chi connectivity index (χ1n) is 5.52. The van der Waals surface area contributed by atoms with Crippen LogP contribution in [0, 0.1) is 5.41 Å². The summed E-state index contributed by atoms with van der Waals surface area (Å²) in [7, 11) is 1.71. The molecule has 16 heavy (non-hydrogen) atoms. The number of nitrogens with two attached hydrogens (primary N) is 1. The van der Waals surface area contributed by atoms with Crippen LogP contribution in [0.2, 0.25) is 0 Å². The van der Waals surface area contributed by atoms with E-state index in [9.17, 15) is 9.59 Å². The number of nitrogens with one attached hydrogen (secondary N) is 1. The van der Waals surface area contributed by atoms with Crippen molar-refractivity contribution in [3.63, 3.8) is 0 Å². The molecule has 0 heterocycles. The van der Waals surface area contributed by atoms with Gasteiger partial charge in [0.25, 0.3) is 0 Å².